The number of hydrogen-bond donors (Lipinski definition) is 1. The van der Waals surface area contributed by atoms with Crippen molar-refractivity contribution in [2.24, 2.45) is 5.14 Å². The molecule has 8 heteroatoms. The van der Waals surface area contributed by atoms with E-state index >= 15 is 0 Å². The van der Waals surface area contributed by atoms with Gasteiger partial charge >= 0.3 is 0 Å². The van der Waals surface area contributed by atoms with Crippen molar-refractivity contribution in [3.05, 3.63) is 63.9 Å². The van der Waals surface area contributed by atoms with Gasteiger partial charge in [-0.1, -0.05) is 22.0 Å². The molecule has 0 unspecified atom stereocenters. The van der Waals surface area contributed by atoms with Crippen LogP contribution < -0.4 is 10.0 Å². The van der Waals surface area contributed by atoms with Gasteiger partial charge in [-0.25, -0.2) is 17.9 Å². The highest BCUT2D eigenvalue weighted by molar-refractivity contribution is 9.10. The van der Waals surface area contributed by atoms with E-state index < -0.39 is 15.8 Å². The van der Waals surface area contributed by atoms with Crippen LogP contribution in [0.25, 0.3) is 6.08 Å². The summed E-state index contributed by atoms with van der Waals surface area (Å²) in [7, 11) is -3.85. The number of nitrogens with two attached hydrogens (primary N) is 1. The molecule has 1 aliphatic rings. The van der Waals surface area contributed by atoms with Crippen molar-refractivity contribution in [1.29, 1.82) is 0 Å². The van der Waals surface area contributed by atoms with Crippen molar-refractivity contribution in [3.8, 4) is 0 Å². The minimum Gasteiger partial charge on any atom is -0.308 e. The van der Waals surface area contributed by atoms with Gasteiger partial charge in [-0.05, 0) is 48.4 Å². The summed E-state index contributed by atoms with van der Waals surface area (Å²) in [6.07, 6.45) is 3.28. The average molecular weight is 425 g/mol. The average Bonchev–Trinajstić information content (AvgIpc) is 2.98. The number of fused-ring (bicyclic) bond motifs is 1. The van der Waals surface area contributed by atoms with E-state index in [2.05, 4.69) is 15.9 Å². The lowest BCUT2D eigenvalue weighted by molar-refractivity contribution is -0.114. The number of primary sulfonamides is 1. The normalized spacial score (nSPS) is 14.1. The summed E-state index contributed by atoms with van der Waals surface area (Å²) in [5, 5.41) is 5.15. The number of carbonyl (C=O) groups excluding carboxylic acids is 1. The lowest BCUT2D eigenvalue weighted by Gasteiger charge is -2.15. The van der Waals surface area contributed by atoms with E-state index in [0.717, 1.165) is 5.56 Å². The van der Waals surface area contributed by atoms with E-state index in [1.807, 2.05) is 0 Å². The summed E-state index contributed by atoms with van der Waals surface area (Å²) in [4.78, 5) is 13.9. The molecule has 0 saturated heterocycles. The maximum Gasteiger partial charge on any atom is 0.251 e. The molecular formula is C17H14BrFN2O3S. The summed E-state index contributed by atoms with van der Waals surface area (Å²) in [6.45, 7) is 0.424. The molecule has 5 nitrogen and oxygen atoms in total. The molecule has 0 aliphatic carbocycles. The maximum absolute atomic E-state index is 13.7. The minimum atomic E-state index is -3.85. The summed E-state index contributed by atoms with van der Waals surface area (Å²) in [5.41, 5.74) is 1.65. The molecule has 0 radical (unpaired) electrons. The number of halogens is 2. The van der Waals surface area contributed by atoms with Crippen molar-refractivity contribution in [2.75, 3.05) is 11.4 Å². The highest BCUT2D eigenvalue weighted by Gasteiger charge is 2.25. The fourth-order valence-electron chi connectivity index (χ4n) is 2.66. The Labute approximate surface area is 153 Å². The first-order valence-electron chi connectivity index (χ1n) is 7.36. The summed E-state index contributed by atoms with van der Waals surface area (Å²) in [5.74, 6) is -0.796. The molecule has 0 saturated carbocycles. The van der Waals surface area contributed by atoms with Crippen LogP contribution in [0.15, 0.2) is 51.8 Å². The molecule has 2 aromatic carbocycles. The predicted octanol–water partition coefficient (Wildman–Crippen LogP) is 2.84. The first-order chi connectivity index (χ1) is 11.8. The van der Waals surface area contributed by atoms with Gasteiger partial charge in [0.25, 0.3) is 5.91 Å². The zero-order valence-electron chi connectivity index (χ0n) is 12.9. The summed E-state index contributed by atoms with van der Waals surface area (Å²) in [6, 6.07) is 8.91. The number of amides is 1. The van der Waals surface area contributed by atoms with Crippen molar-refractivity contribution < 1.29 is 17.6 Å². The number of carbonyl (C=O) groups is 1. The van der Waals surface area contributed by atoms with Crippen LogP contribution in [-0.2, 0) is 21.2 Å². The number of anilines is 1. The van der Waals surface area contributed by atoms with Gasteiger partial charge in [0.2, 0.25) is 10.0 Å². The van der Waals surface area contributed by atoms with E-state index in [1.165, 1.54) is 35.3 Å². The van der Waals surface area contributed by atoms with Crippen LogP contribution in [0.2, 0.25) is 0 Å². The molecule has 0 atom stereocenters. The lowest BCUT2D eigenvalue weighted by Crippen LogP contribution is -2.27. The third kappa shape index (κ3) is 3.81. The van der Waals surface area contributed by atoms with Gasteiger partial charge in [-0.3, -0.25) is 4.79 Å². The van der Waals surface area contributed by atoms with Crippen LogP contribution in [-0.4, -0.2) is 20.9 Å². The van der Waals surface area contributed by atoms with Crippen molar-refractivity contribution in [2.45, 2.75) is 11.3 Å². The first kappa shape index (κ1) is 17.8. The molecule has 130 valence electrons. The lowest BCUT2D eigenvalue weighted by atomic mass is 10.2. The molecular weight excluding hydrogens is 411 g/mol. The highest BCUT2D eigenvalue weighted by Crippen LogP contribution is 2.30. The van der Waals surface area contributed by atoms with E-state index in [-0.39, 0.29) is 16.4 Å². The quantitative estimate of drug-likeness (QED) is 0.769. The molecule has 0 fully saturated rings. The van der Waals surface area contributed by atoms with Crippen LogP contribution in [0.1, 0.15) is 11.1 Å². The van der Waals surface area contributed by atoms with Gasteiger partial charge in [0, 0.05) is 28.3 Å². The van der Waals surface area contributed by atoms with E-state index in [0.29, 0.717) is 23.1 Å². The Bertz CT molecular complexity index is 989. The second-order valence-corrected chi connectivity index (χ2v) is 8.05. The smallest absolute Gasteiger partial charge is 0.251 e. The Balaban J connectivity index is 1.88. The van der Waals surface area contributed by atoms with Crippen LogP contribution in [0, 0.1) is 5.82 Å². The Morgan fingerprint density at radius 2 is 2.00 bits per heavy atom. The number of nitrogens with zero attached hydrogens (tertiary/aromatic N) is 1. The Hall–Kier alpha value is -2.03. The molecule has 0 spiro atoms. The van der Waals surface area contributed by atoms with Gasteiger partial charge in [0.05, 0.1) is 4.90 Å². The Morgan fingerprint density at radius 1 is 1.24 bits per heavy atom. The Morgan fingerprint density at radius 3 is 2.72 bits per heavy atom. The van der Waals surface area contributed by atoms with E-state index in [9.17, 15) is 17.6 Å². The van der Waals surface area contributed by atoms with Crippen LogP contribution in [0.4, 0.5) is 10.1 Å². The zero-order valence-corrected chi connectivity index (χ0v) is 15.3. The second-order valence-electron chi connectivity index (χ2n) is 5.57. The zero-order chi connectivity index (χ0) is 18.2. The number of benzene rings is 2. The van der Waals surface area contributed by atoms with Crippen molar-refractivity contribution in [1.82, 2.24) is 0 Å². The minimum absolute atomic E-state index is 0.0482. The van der Waals surface area contributed by atoms with Gasteiger partial charge in [0.1, 0.15) is 5.82 Å². The number of rotatable bonds is 3. The monoisotopic (exact) mass is 424 g/mol. The molecule has 0 bridgehead atoms. The third-order valence-electron chi connectivity index (χ3n) is 3.91. The first-order valence-corrected chi connectivity index (χ1v) is 9.70. The van der Waals surface area contributed by atoms with Gasteiger partial charge in [0.15, 0.2) is 0 Å². The van der Waals surface area contributed by atoms with Gasteiger partial charge < -0.3 is 4.90 Å². The fourth-order valence-corrected chi connectivity index (χ4v) is 3.57. The maximum atomic E-state index is 13.7. The molecule has 1 amide bonds. The Kier molecular flexibility index (Phi) is 4.77. The molecule has 1 heterocycles. The highest BCUT2D eigenvalue weighted by atomic mass is 79.9. The predicted molar refractivity (Wildman–Crippen MR) is 97.0 cm³/mol. The molecule has 2 N–H and O–H groups in total. The summed E-state index contributed by atoms with van der Waals surface area (Å²) < 4.78 is 37.4. The fraction of sp³-hybridized carbons (Fsp3) is 0.118. The molecule has 1 aliphatic heterocycles. The second kappa shape index (κ2) is 6.70. The van der Waals surface area contributed by atoms with Gasteiger partial charge in [-0.15, -0.1) is 0 Å². The number of hydrogen-bond acceptors (Lipinski definition) is 3. The van der Waals surface area contributed by atoms with Crippen LogP contribution in [0.5, 0.6) is 0 Å². The van der Waals surface area contributed by atoms with Crippen molar-refractivity contribution >= 4 is 43.6 Å². The SMILES string of the molecule is NS(=O)(=O)c1ccc2c(c1)N(C(=O)/C=C/c1cc(Br)ccc1F)CC2. The van der Waals surface area contributed by atoms with Crippen LogP contribution in [0.3, 0.4) is 0 Å². The third-order valence-corrected chi connectivity index (χ3v) is 5.31. The molecule has 0 aromatic heterocycles. The van der Waals surface area contributed by atoms with E-state index in [1.54, 1.807) is 18.2 Å². The van der Waals surface area contributed by atoms with Gasteiger partial charge in [-0.2, -0.15) is 0 Å². The largest absolute Gasteiger partial charge is 0.308 e. The van der Waals surface area contributed by atoms with Crippen molar-refractivity contribution in [3.63, 3.8) is 0 Å². The number of sulfonamides is 1. The standard InChI is InChI=1S/C17H14BrFN2O3S/c18-13-3-5-15(19)12(9-13)2-6-17(22)21-8-7-11-1-4-14(10-16(11)21)25(20,23)24/h1-6,9-10H,7-8H2,(H2,20,23,24)/b6-2+. The van der Waals surface area contributed by atoms with Crippen LogP contribution >= 0.6 is 15.9 Å². The topological polar surface area (TPSA) is 80.5 Å². The molecule has 3 rings (SSSR count). The molecule has 25 heavy (non-hydrogen) atoms. The summed E-state index contributed by atoms with van der Waals surface area (Å²) >= 11 is 3.25. The molecule has 2 aromatic rings. The van der Waals surface area contributed by atoms with E-state index in [4.69, 9.17) is 5.14 Å².